The Morgan fingerprint density at radius 3 is 2.25 bits per heavy atom. The normalized spacial score (nSPS) is 12.4. The van der Waals surface area contributed by atoms with Crippen LogP contribution in [0.1, 0.15) is 11.1 Å². The summed E-state index contributed by atoms with van der Waals surface area (Å²) >= 11 is 6.34. The Balaban J connectivity index is 2.10. The third kappa shape index (κ3) is 3.87. The van der Waals surface area contributed by atoms with Crippen LogP contribution in [0, 0.1) is 11.6 Å². The third-order valence-electron chi connectivity index (χ3n) is 2.96. The molecule has 2 aromatic carbocycles. The van der Waals surface area contributed by atoms with Gasteiger partial charge in [0.05, 0.1) is 10.6 Å². The lowest BCUT2D eigenvalue weighted by Gasteiger charge is -2.13. The van der Waals surface area contributed by atoms with Crippen molar-refractivity contribution in [1.82, 2.24) is 0 Å². The first-order chi connectivity index (χ1) is 9.47. The van der Waals surface area contributed by atoms with Crippen molar-refractivity contribution in [3.8, 4) is 0 Å². The van der Waals surface area contributed by atoms with Gasteiger partial charge in [-0.05, 0) is 52.2 Å². The number of aliphatic hydroxyl groups is 1. The van der Waals surface area contributed by atoms with Crippen molar-refractivity contribution in [2.24, 2.45) is 0 Å². The molecule has 106 valence electrons. The maximum absolute atomic E-state index is 13.8. The van der Waals surface area contributed by atoms with Crippen molar-refractivity contribution >= 4 is 31.9 Å². The molecule has 1 nitrogen and oxygen atoms in total. The second-order valence-electron chi connectivity index (χ2n) is 4.51. The van der Waals surface area contributed by atoms with Crippen LogP contribution in [0.4, 0.5) is 8.78 Å². The summed E-state index contributed by atoms with van der Waals surface area (Å²) in [7, 11) is 0. The summed E-state index contributed by atoms with van der Waals surface area (Å²) < 4.78 is 28.6. The van der Waals surface area contributed by atoms with E-state index >= 15 is 0 Å². The van der Waals surface area contributed by atoms with Gasteiger partial charge in [-0.15, -0.1) is 0 Å². The predicted octanol–water partition coefficient (Wildman–Crippen LogP) is 4.64. The van der Waals surface area contributed by atoms with Gasteiger partial charge in [0.25, 0.3) is 0 Å². The zero-order valence-electron chi connectivity index (χ0n) is 10.4. The van der Waals surface area contributed by atoms with Crippen LogP contribution < -0.4 is 0 Å². The number of benzene rings is 2. The first-order valence-corrected chi connectivity index (χ1v) is 7.61. The quantitative estimate of drug-likeness (QED) is 0.735. The van der Waals surface area contributed by atoms with Crippen molar-refractivity contribution in [1.29, 1.82) is 0 Å². The van der Waals surface area contributed by atoms with Crippen LogP contribution in [0.5, 0.6) is 0 Å². The van der Waals surface area contributed by atoms with Gasteiger partial charge in [-0.3, -0.25) is 0 Å². The molecule has 0 spiro atoms. The van der Waals surface area contributed by atoms with Crippen molar-refractivity contribution < 1.29 is 13.9 Å². The fraction of sp³-hybridized carbons (Fsp3) is 0.200. The molecule has 20 heavy (non-hydrogen) atoms. The molecule has 1 N–H and O–H groups in total. The lowest BCUT2D eigenvalue weighted by atomic mass is 10.0. The van der Waals surface area contributed by atoms with Crippen LogP contribution >= 0.6 is 31.9 Å². The summed E-state index contributed by atoms with van der Waals surface area (Å²) in [6, 6.07) is 9.95. The number of hydrogen-bond donors (Lipinski definition) is 1. The van der Waals surface area contributed by atoms with Crippen molar-refractivity contribution in [3.63, 3.8) is 0 Å². The predicted molar refractivity (Wildman–Crippen MR) is 81.6 cm³/mol. The highest BCUT2D eigenvalue weighted by molar-refractivity contribution is 9.10. The zero-order chi connectivity index (χ0) is 14.7. The Labute approximate surface area is 132 Å². The Hall–Kier alpha value is -0.780. The van der Waals surface area contributed by atoms with Gasteiger partial charge in [-0.2, -0.15) is 0 Å². The van der Waals surface area contributed by atoms with Gasteiger partial charge in [0.1, 0.15) is 11.6 Å². The molecule has 0 aromatic heterocycles. The van der Waals surface area contributed by atoms with E-state index in [4.69, 9.17) is 0 Å². The second-order valence-corrected chi connectivity index (χ2v) is 6.28. The standard InChI is InChI=1S/C15H12Br2F2O/c16-10-3-1-9(2-4-10)7-11(20)8-12-14(18)6-5-13(17)15(12)19/h1-6,11,20H,7-8H2. The minimum Gasteiger partial charge on any atom is -0.392 e. The first-order valence-electron chi connectivity index (χ1n) is 6.02. The van der Waals surface area contributed by atoms with E-state index in [9.17, 15) is 13.9 Å². The first kappa shape index (κ1) is 15.6. The number of rotatable bonds is 4. The van der Waals surface area contributed by atoms with E-state index in [1.165, 1.54) is 12.1 Å². The maximum Gasteiger partial charge on any atom is 0.143 e. The molecular formula is C15H12Br2F2O. The van der Waals surface area contributed by atoms with Crippen LogP contribution in [0.3, 0.4) is 0 Å². The number of aliphatic hydroxyl groups excluding tert-OH is 1. The van der Waals surface area contributed by atoms with Gasteiger partial charge in [0.15, 0.2) is 0 Å². The molecule has 0 aliphatic rings. The van der Waals surface area contributed by atoms with Crippen molar-refractivity contribution in [2.75, 3.05) is 0 Å². The summed E-state index contributed by atoms with van der Waals surface area (Å²) in [6.45, 7) is 0. The van der Waals surface area contributed by atoms with E-state index in [1.807, 2.05) is 24.3 Å². The smallest absolute Gasteiger partial charge is 0.143 e. The van der Waals surface area contributed by atoms with Crippen LogP contribution in [-0.4, -0.2) is 11.2 Å². The van der Waals surface area contributed by atoms with E-state index in [0.717, 1.165) is 10.0 Å². The number of hydrogen-bond acceptors (Lipinski definition) is 1. The average Bonchev–Trinajstić information content (AvgIpc) is 2.42. The molecule has 1 unspecified atom stereocenters. The molecule has 0 bridgehead atoms. The largest absolute Gasteiger partial charge is 0.392 e. The third-order valence-corrected chi connectivity index (χ3v) is 4.10. The zero-order valence-corrected chi connectivity index (χ0v) is 13.6. The highest BCUT2D eigenvalue weighted by Gasteiger charge is 2.16. The van der Waals surface area contributed by atoms with Crippen molar-refractivity contribution in [2.45, 2.75) is 18.9 Å². The van der Waals surface area contributed by atoms with Crippen LogP contribution in [0.25, 0.3) is 0 Å². The molecule has 0 heterocycles. The highest BCUT2D eigenvalue weighted by atomic mass is 79.9. The lowest BCUT2D eigenvalue weighted by Crippen LogP contribution is -2.16. The minimum absolute atomic E-state index is 0.0623. The van der Waals surface area contributed by atoms with Gasteiger partial charge in [-0.25, -0.2) is 8.78 Å². The molecule has 0 saturated heterocycles. The highest BCUT2D eigenvalue weighted by Crippen LogP contribution is 2.23. The van der Waals surface area contributed by atoms with Crippen LogP contribution in [0.15, 0.2) is 45.3 Å². The van der Waals surface area contributed by atoms with Crippen LogP contribution in [-0.2, 0) is 12.8 Å². The molecule has 0 amide bonds. The minimum atomic E-state index is -0.838. The molecule has 5 heteroatoms. The van der Waals surface area contributed by atoms with E-state index < -0.39 is 17.7 Å². The molecule has 1 atom stereocenters. The molecule has 2 aromatic rings. The van der Waals surface area contributed by atoms with Gasteiger partial charge >= 0.3 is 0 Å². The molecule has 0 aliphatic carbocycles. The van der Waals surface area contributed by atoms with Crippen molar-refractivity contribution in [3.05, 3.63) is 68.1 Å². The Kier molecular flexibility index (Phi) is 5.29. The summed E-state index contributed by atoms with van der Waals surface area (Å²) in [5.74, 6) is -1.29. The topological polar surface area (TPSA) is 20.2 Å². The molecule has 0 saturated carbocycles. The second kappa shape index (κ2) is 6.78. The van der Waals surface area contributed by atoms with E-state index in [-0.39, 0.29) is 16.5 Å². The lowest BCUT2D eigenvalue weighted by molar-refractivity contribution is 0.172. The summed E-state index contributed by atoms with van der Waals surface area (Å²) in [5, 5.41) is 10.0. The molecule has 0 fully saturated rings. The van der Waals surface area contributed by atoms with Gasteiger partial charge in [0, 0.05) is 16.5 Å². The van der Waals surface area contributed by atoms with E-state index in [0.29, 0.717) is 6.42 Å². The molecule has 0 aliphatic heterocycles. The molecular weight excluding hydrogens is 394 g/mol. The summed E-state index contributed by atoms with van der Waals surface area (Å²) in [6.07, 6.45) is -0.555. The average molecular weight is 406 g/mol. The Morgan fingerprint density at radius 2 is 1.60 bits per heavy atom. The number of halogens is 4. The summed E-state index contributed by atoms with van der Waals surface area (Å²) in [4.78, 5) is 0. The van der Waals surface area contributed by atoms with E-state index in [1.54, 1.807) is 0 Å². The maximum atomic E-state index is 13.8. The van der Waals surface area contributed by atoms with Gasteiger partial charge in [0.2, 0.25) is 0 Å². The summed E-state index contributed by atoms with van der Waals surface area (Å²) in [5.41, 5.74) is 0.820. The molecule has 0 radical (unpaired) electrons. The molecule has 2 rings (SSSR count). The monoisotopic (exact) mass is 404 g/mol. The van der Waals surface area contributed by atoms with E-state index in [2.05, 4.69) is 31.9 Å². The van der Waals surface area contributed by atoms with Gasteiger partial charge < -0.3 is 5.11 Å². The fourth-order valence-corrected chi connectivity index (χ4v) is 2.59. The van der Waals surface area contributed by atoms with Crippen LogP contribution in [0.2, 0.25) is 0 Å². The fourth-order valence-electron chi connectivity index (χ4n) is 1.96. The van der Waals surface area contributed by atoms with Gasteiger partial charge in [-0.1, -0.05) is 28.1 Å². The SMILES string of the molecule is OC(Cc1ccc(Br)cc1)Cc1c(F)ccc(Br)c1F. The Bertz CT molecular complexity index is 600. The Morgan fingerprint density at radius 1 is 0.950 bits per heavy atom.